The second kappa shape index (κ2) is 8.88. The van der Waals surface area contributed by atoms with Crippen LogP contribution in [0.5, 0.6) is 0 Å². The highest BCUT2D eigenvalue weighted by molar-refractivity contribution is 5.84. The maximum Gasteiger partial charge on any atom is 0.0631 e. The fraction of sp³-hybridized carbons (Fsp3) is 0.207. The van der Waals surface area contributed by atoms with Gasteiger partial charge in [-0.25, -0.2) is 0 Å². The third-order valence-corrected chi connectivity index (χ3v) is 5.74. The summed E-state index contributed by atoms with van der Waals surface area (Å²) in [6.45, 7) is 11.0. The maximum atomic E-state index is 4.71. The summed E-state index contributed by atoms with van der Waals surface area (Å²) in [6, 6.07) is 29.4. The summed E-state index contributed by atoms with van der Waals surface area (Å²) in [5.41, 5.74) is 9.27. The molecule has 0 fully saturated rings. The molecule has 3 nitrogen and oxygen atoms in total. The molecule has 0 amide bonds. The smallest absolute Gasteiger partial charge is 0.0631 e. The molecule has 4 rings (SSSR count). The normalized spacial score (nSPS) is 11.8. The average molecular weight is 422 g/mol. The Morgan fingerprint density at radius 3 is 2.03 bits per heavy atom. The average Bonchev–Trinajstić information content (AvgIpc) is 3.06. The highest BCUT2D eigenvalue weighted by Gasteiger charge is 2.14. The molecule has 0 saturated heterocycles. The standard InChI is InChI=1S/C29H31N3/c1-21-19-23(22(2)32(21)28-17-11-24(12-18-28)29(3,4)5)20-30-25-13-15-27(16-14-25)31-26-9-7-6-8-10-26/h6-20,31H,1-5H3. The molecular weight excluding hydrogens is 390 g/mol. The number of hydrogen-bond donors (Lipinski definition) is 1. The number of anilines is 2. The van der Waals surface area contributed by atoms with Crippen molar-refractivity contribution in [3.63, 3.8) is 0 Å². The Balaban J connectivity index is 1.51. The first-order valence-corrected chi connectivity index (χ1v) is 11.1. The lowest BCUT2D eigenvalue weighted by atomic mass is 9.87. The predicted molar refractivity (Wildman–Crippen MR) is 137 cm³/mol. The zero-order valence-electron chi connectivity index (χ0n) is 19.6. The van der Waals surface area contributed by atoms with Crippen LogP contribution in [0.25, 0.3) is 5.69 Å². The van der Waals surface area contributed by atoms with Gasteiger partial charge in [0.1, 0.15) is 0 Å². The molecule has 3 heteroatoms. The van der Waals surface area contributed by atoms with Gasteiger partial charge in [-0.1, -0.05) is 51.1 Å². The van der Waals surface area contributed by atoms with Gasteiger partial charge in [0, 0.05) is 40.2 Å². The molecule has 0 aliphatic heterocycles. The summed E-state index contributed by atoms with van der Waals surface area (Å²) in [5.74, 6) is 0. The van der Waals surface area contributed by atoms with Crippen LogP contribution in [-0.4, -0.2) is 10.8 Å². The number of hydrogen-bond acceptors (Lipinski definition) is 2. The number of benzene rings is 3. The van der Waals surface area contributed by atoms with Crippen LogP contribution >= 0.6 is 0 Å². The van der Waals surface area contributed by atoms with Gasteiger partial charge in [0.25, 0.3) is 0 Å². The Hall–Kier alpha value is -3.59. The second-order valence-electron chi connectivity index (χ2n) is 9.25. The fourth-order valence-corrected chi connectivity index (χ4v) is 3.89. The van der Waals surface area contributed by atoms with Crippen LogP contribution in [0.4, 0.5) is 17.1 Å². The second-order valence-corrected chi connectivity index (χ2v) is 9.25. The van der Waals surface area contributed by atoms with Gasteiger partial charge in [0.2, 0.25) is 0 Å². The number of aliphatic imine (C=N–C) groups is 1. The molecule has 4 aromatic rings. The summed E-state index contributed by atoms with van der Waals surface area (Å²) >= 11 is 0. The van der Waals surface area contributed by atoms with E-state index in [0.717, 1.165) is 22.6 Å². The van der Waals surface area contributed by atoms with Crippen molar-refractivity contribution in [3.8, 4) is 5.69 Å². The van der Waals surface area contributed by atoms with E-state index in [9.17, 15) is 0 Å². The molecule has 162 valence electrons. The SMILES string of the molecule is Cc1cc(C=Nc2ccc(Nc3ccccc3)cc2)c(C)n1-c1ccc(C(C)(C)C)cc1. The minimum atomic E-state index is 0.156. The first-order chi connectivity index (χ1) is 15.3. The van der Waals surface area contributed by atoms with E-state index in [4.69, 9.17) is 4.99 Å². The number of rotatable bonds is 5. The van der Waals surface area contributed by atoms with E-state index in [-0.39, 0.29) is 5.41 Å². The first kappa shape index (κ1) is 21.6. The van der Waals surface area contributed by atoms with E-state index < -0.39 is 0 Å². The Bertz CT molecular complexity index is 1210. The maximum absolute atomic E-state index is 4.71. The van der Waals surface area contributed by atoms with Crippen LogP contribution in [0.1, 0.15) is 43.3 Å². The molecule has 32 heavy (non-hydrogen) atoms. The van der Waals surface area contributed by atoms with Crippen molar-refractivity contribution in [2.45, 2.75) is 40.0 Å². The zero-order valence-corrected chi connectivity index (χ0v) is 19.6. The van der Waals surface area contributed by atoms with Crippen LogP contribution < -0.4 is 5.32 Å². The number of nitrogens with one attached hydrogen (secondary N) is 1. The van der Waals surface area contributed by atoms with Gasteiger partial charge >= 0.3 is 0 Å². The van der Waals surface area contributed by atoms with Crippen LogP contribution in [0, 0.1) is 13.8 Å². The Morgan fingerprint density at radius 1 is 0.781 bits per heavy atom. The number of aryl methyl sites for hydroxylation is 1. The lowest BCUT2D eigenvalue weighted by molar-refractivity contribution is 0.590. The van der Waals surface area contributed by atoms with Crippen LogP contribution in [0.2, 0.25) is 0 Å². The molecule has 0 aliphatic carbocycles. The molecule has 0 bridgehead atoms. The number of para-hydroxylation sites is 1. The number of nitrogens with zero attached hydrogens (tertiary/aromatic N) is 2. The Morgan fingerprint density at radius 2 is 1.41 bits per heavy atom. The molecule has 0 unspecified atom stereocenters. The number of aromatic nitrogens is 1. The van der Waals surface area contributed by atoms with Crippen molar-refractivity contribution in [3.05, 3.63) is 107 Å². The van der Waals surface area contributed by atoms with Gasteiger partial charge in [-0.05, 0) is 79.4 Å². The van der Waals surface area contributed by atoms with Crippen molar-refractivity contribution < 1.29 is 0 Å². The summed E-state index contributed by atoms with van der Waals surface area (Å²) in [7, 11) is 0. The highest BCUT2D eigenvalue weighted by atomic mass is 15.0. The van der Waals surface area contributed by atoms with E-state index in [2.05, 4.69) is 99.1 Å². The molecule has 0 radical (unpaired) electrons. The van der Waals surface area contributed by atoms with Gasteiger partial charge in [0.15, 0.2) is 0 Å². The third kappa shape index (κ3) is 4.83. The van der Waals surface area contributed by atoms with Crippen molar-refractivity contribution in [1.29, 1.82) is 0 Å². The van der Waals surface area contributed by atoms with Crippen molar-refractivity contribution >= 4 is 23.3 Å². The van der Waals surface area contributed by atoms with E-state index in [1.54, 1.807) is 0 Å². The first-order valence-electron chi connectivity index (χ1n) is 11.1. The monoisotopic (exact) mass is 421 g/mol. The van der Waals surface area contributed by atoms with Crippen molar-refractivity contribution in [2.24, 2.45) is 4.99 Å². The van der Waals surface area contributed by atoms with E-state index in [1.165, 1.54) is 22.6 Å². The van der Waals surface area contributed by atoms with Gasteiger partial charge < -0.3 is 9.88 Å². The van der Waals surface area contributed by atoms with Crippen molar-refractivity contribution in [2.75, 3.05) is 5.32 Å². The summed E-state index contributed by atoms with van der Waals surface area (Å²) in [6.07, 6.45) is 1.96. The summed E-state index contributed by atoms with van der Waals surface area (Å²) in [4.78, 5) is 4.71. The Kier molecular flexibility index (Phi) is 6.00. The molecule has 0 saturated carbocycles. The minimum absolute atomic E-state index is 0.156. The Labute approximate surface area is 191 Å². The zero-order chi connectivity index (χ0) is 22.7. The van der Waals surface area contributed by atoms with Gasteiger partial charge in [0.05, 0.1) is 5.69 Å². The molecule has 1 aromatic heterocycles. The topological polar surface area (TPSA) is 29.3 Å². The van der Waals surface area contributed by atoms with E-state index >= 15 is 0 Å². The third-order valence-electron chi connectivity index (χ3n) is 5.74. The lowest BCUT2D eigenvalue weighted by Crippen LogP contribution is -2.11. The molecule has 0 aliphatic rings. The van der Waals surface area contributed by atoms with E-state index in [1.807, 2.05) is 36.5 Å². The summed E-state index contributed by atoms with van der Waals surface area (Å²) < 4.78 is 2.29. The largest absolute Gasteiger partial charge is 0.356 e. The fourth-order valence-electron chi connectivity index (χ4n) is 3.89. The predicted octanol–water partition coefficient (Wildman–Crippen LogP) is 7.89. The molecule has 1 N–H and O–H groups in total. The summed E-state index contributed by atoms with van der Waals surface area (Å²) in [5, 5.41) is 3.40. The molecule has 3 aromatic carbocycles. The van der Waals surface area contributed by atoms with Crippen LogP contribution in [-0.2, 0) is 5.41 Å². The van der Waals surface area contributed by atoms with E-state index in [0.29, 0.717) is 0 Å². The quantitative estimate of drug-likeness (QED) is 0.326. The lowest BCUT2D eigenvalue weighted by Gasteiger charge is -2.20. The van der Waals surface area contributed by atoms with Gasteiger partial charge in [-0.2, -0.15) is 0 Å². The molecular formula is C29H31N3. The van der Waals surface area contributed by atoms with Crippen molar-refractivity contribution in [1.82, 2.24) is 4.57 Å². The molecule has 0 atom stereocenters. The molecule has 0 spiro atoms. The molecule has 1 heterocycles. The van der Waals surface area contributed by atoms with Gasteiger partial charge in [-0.15, -0.1) is 0 Å². The minimum Gasteiger partial charge on any atom is -0.356 e. The highest BCUT2D eigenvalue weighted by Crippen LogP contribution is 2.26. The van der Waals surface area contributed by atoms with Crippen LogP contribution in [0.3, 0.4) is 0 Å². The van der Waals surface area contributed by atoms with Crippen LogP contribution in [0.15, 0.2) is 89.9 Å². The van der Waals surface area contributed by atoms with Gasteiger partial charge in [-0.3, -0.25) is 4.99 Å².